The predicted molar refractivity (Wildman–Crippen MR) is 66.0 cm³/mol. The topological polar surface area (TPSA) is 104 Å². The second kappa shape index (κ2) is 15.6. The van der Waals surface area contributed by atoms with Gasteiger partial charge in [0.1, 0.15) is 0 Å². The summed E-state index contributed by atoms with van der Waals surface area (Å²) < 4.78 is 4.75. The molecule has 0 bridgehead atoms. The van der Waals surface area contributed by atoms with Crippen LogP contribution in [0.15, 0.2) is 12.2 Å². The number of rotatable bonds is 8. The SMILES string of the molecule is CCCCCCOC(=O)/C=C\C(=O)O.OCCO. The molecule has 6 heteroatoms. The summed E-state index contributed by atoms with van der Waals surface area (Å²) in [6.45, 7) is 2.21. The minimum Gasteiger partial charge on any atom is -0.478 e. The Labute approximate surface area is 107 Å². The first-order chi connectivity index (χ1) is 8.58. The zero-order valence-corrected chi connectivity index (χ0v) is 10.7. The number of esters is 1. The Kier molecular flexibility index (Phi) is 16.4. The van der Waals surface area contributed by atoms with E-state index in [1.807, 2.05) is 0 Å². The second-order valence-corrected chi connectivity index (χ2v) is 3.35. The van der Waals surface area contributed by atoms with Gasteiger partial charge in [-0.15, -0.1) is 0 Å². The largest absolute Gasteiger partial charge is 0.478 e. The Balaban J connectivity index is 0. The standard InChI is InChI=1S/C10H16O4.C2H6O2/c1-2-3-4-5-8-14-10(13)7-6-9(11)12;3-1-2-4/h6-7H,2-5,8H2,1H3,(H,11,12);3-4H,1-2H2/b7-6-;. The number of ether oxygens (including phenoxy) is 1. The van der Waals surface area contributed by atoms with Gasteiger partial charge >= 0.3 is 11.9 Å². The number of aliphatic carboxylic acids is 1. The minimum atomic E-state index is -1.15. The minimum absolute atomic E-state index is 0.125. The van der Waals surface area contributed by atoms with Crippen molar-refractivity contribution in [2.24, 2.45) is 0 Å². The highest BCUT2D eigenvalue weighted by atomic mass is 16.5. The van der Waals surface area contributed by atoms with Gasteiger partial charge in [0, 0.05) is 12.2 Å². The molecule has 0 amide bonds. The van der Waals surface area contributed by atoms with Crippen LogP contribution in [0.3, 0.4) is 0 Å². The van der Waals surface area contributed by atoms with Crippen LogP contribution in [0.25, 0.3) is 0 Å². The zero-order chi connectivity index (χ0) is 14.2. The molecule has 0 heterocycles. The number of aliphatic hydroxyl groups is 2. The first kappa shape index (κ1) is 19.0. The van der Waals surface area contributed by atoms with E-state index in [1.54, 1.807) is 0 Å². The molecule has 0 aliphatic rings. The van der Waals surface area contributed by atoms with Crippen LogP contribution in [0, 0.1) is 0 Å². The fourth-order valence-corrected chi connectivity index (χ4v) is 0.889. The lowest BCUT2D eigenvalue weighted by Gasteiger charge is -2.00. The third-order valence-electron chi connectivity index (χ3n) is 1.70. The van der Waals surface area contributed by atoms with Gasteiger partial charge in [-0.1, -0.05) is 26.2 Å². The number of carbonyl (C=O) groups is 2. The van der Waals surface area contributed by atoms with Crippen molar-refractivity contribution in [3.8, 4) is 0 Å². The highest BCUT2D eigenvalue weighted by molar-refractivity contribution is 5.90. The average molecular weight is 262 g/mol. The molecule has 3 N–H and O–H groups in total. The summed E-state index contributed by atoms with van der Waals surface area (Å²) in [4.78, 5) is 20.8. The molecule has 6 nitrogen and oxygen atoms in total. The Morgan fingerprint density at radius 2 is 1.67 bits per heavy atom. The molecular weight excluding hydrogens is 240 g/mol. The molecule has 0 fully saturated rings. The van der Waals surface area contributed by atoms with E-state index in [9.17, 15) is 9.59 Å². The van der Waals surface area contributed by atoms with Crippen molar-refractivity contribution in [3.05, 3.63) is 12.2 Å². The van der Waals surface area contributed by atoms with Crippen molar-refractivity contribution in [1.29, 1.82) is 0 Å². The lowest BCUT2D eigenvalue weighted by atomic mass is 10.2. The van der Waals surface area contributed by atoms with Crippen LogP contribution in [0.5, 0.6) is 0 Å². The van der Waals surface area contributed by atoms with Crippen LogP contribution < -0.4 is 0 Å². The number of carboxylic acid groups (broad SMARTS) is 1. The molecule has 0 saturated heterocycles. The molecule has 106 valence electrons. The van der Waals surface area contributed by atoms with Crippen LogP contribution in [0.4, 0.5) is 0 Å². The number of hydrogen-bond acceptors (Lipinski definition) is 5. The molecule has 0 radical (unpaired) electrons. The van der Waals surface area contributed by atoms with Gasteiger partial charge < -0.3 is 20.1 Å². The van der Waals surface area contributed by atoms with Gasteiger partial charge in [0.05, 0.1) is 19.8 Å². The van der Waals surface area contributed by atoms with Crippen molar-refractivity contribution < 1.29 is 29.6 Å². The van der Waals surface area contributed by atoms with E-state index in [-0.39, 0.29) is 13.2 Å². The maximum Gasteiger partial charge on any atom is 0.331 e. The lowest BCUT2D eigenvalue weighted by Crippen LogP contribution is -2.03. The van der Waals surface area contributed by atoms with E-state index in [0.717, 1.165) is 37.8 Å². The fraction of sp³-hybridized carbons (Fsp3) is 0.667. The molecule has 0 saturated carbocycles. The summed E-state index contributed by atoms with van der Waals surface area (Å²) in [5.74, 6) is -1.74. The first-order valence-corrected chi connectivity index (χ1v) is 5.87. The average Bonchev–Trinajstić information content (AvgIpc) is 2.36. The van der Waals surface area contributed by atoms with Crippen molar-refractivity contribution in [2.45, 2.75) is 32.6 Å². The summed E-state index contributed by atoms with van der Waals surface area (Å²) in [6, 6.07) is 0. The number of carbonyl (C=O) groups excluding carboxylic acids is 1. The number of unbranched alkanes of at least 4 members (excludes halogenated alkanes) is 3. The van der Waals surface area contributed by atoms with E-state index in [2.05, 4.69) is 6.92 Å². The van der Waals surface area contributed by atoms with Crippen LogP contribution in [-0.2, 0) is 14.3 Å². The Hall–Kier alpha value is -1.40. The summed E-state index contributed by atoms with van der Waals surface area (Å²) in [5, 5.41) is 23.5. The van der Waals surface area contributed by atoms with E-state index >= 15 is 0 Å². The predicted octanol–water partition coefficient (Wildman–Crippen LogP) is 0.722. The summed E-state index contributed by atoms with van der Waals surface area (Å²) in [5.41, 5.74) is 0. The maximum atomic E-state index is 10.8. The van der Waals surface area contributed by atoms with Crippen molar-refractivity contribution in [2.75, 3.05) is 19.8 Å². The van der Waals surface area contributed by atoms with Gasteiger partial charge in [0.2, 0.25) is 0 Å². The quantitative estimate of drug-likeness (QED) is 0.338. The van der Waals surface area contributed by atoms with Crippen LogP contribution in [0.1, 0.15) is 32.6 Å². The summed E-state index contributed by atoms with van der Waals surface area (Å²) in [7, 11) is 0. The molecular formula is C12H22O6. The van der Waals surface area contributed by atoms with Crippen molar-refractivity contribution >= 4 is 11.9 Å². The smallest absolute Gasteiger partial charge is 0.331 e. The number of hydrogen-bond donors (Lipinski definition) is 3. The molecule has 0 aromatic carbocycles. The molecule has 0 aromatic rings. The van der Waals surface area contributed by atoms with Crippen LogP contribution >= 0.6 is 0 Å². The Morgan fingerprint density at radius 1 is 1.06 bits per heavy atom. The molecule has 0 aromatic heterocycles. The molecule has 0 spiro atoms. The van der Waals surface area contributed by atoms with Crippen LogP contribution in [-0.4, -0.2) is 47.1 Å². The van der Waals surface area contributed by atoms with Gasteiger partial charge in [-0.2, -0.15) is 0 Å². The van der Waals surface area contributed by atoms with E-state index in [0.29, 0.717) is 6.61 Å². The van der Waals surface area contributed by atoms with Gasteiger partial charge in [-0.25, -0.2) is 9.59 Å². The molecule has 0 rings (SSSR count). The highest BCUT2D eigenvalue weighted by Crippen LogP contribution is 1.99. The van der Waals surface area contributed by atoms with Gasteiger partial charge in [0.15, 0.2) is 0 Å². The van der Waals surface area contributed by atoms with Gasteiger partial charge in [-0.05, 0) is 6.42 Å². The second-order valence-electron chi connectivity index (χ2n) is 3.35. The lowest BCUT2D eigenvalue weighted by molar-refractivity contribution is -0.138. The van der Waals surface area contributed by atoms with E-state index < -0.39 is 11.9 Å². The van der Waals surface area contributed by atoms with Gasteiger partial charge in [0.25, 0.3) is 0 Å². The highest BCUT2D eigenvalue weighted by Gasteiger charge is 1.97. The molecule has 0 aliphatic carbocycles. The third kappa shape index (κ3) is 20.1. The van der Waals surface area contributed by atoms with Crippen LogP contribution in [0.2, 0.25) is 0 Å². The van der Waals surface area contributed by atoms with E-state index in [4.69, 9.17) is 20.1 Å². The molecule has 0 aliphatic heterocycles. The third-order valence-corrected chi connectivity index (χ3v) is 1.70. The first-order valence-electron chi connectivity index (χ1n) is 5.87. The fourth-order valence-electron chi connectivity index (χ4n) is 0.889. The molecule has 0 atom stereocenters. The van der Waals surface area contributed by atoms with E-state index in [1.165, 1.54) is 0 Å². The summed E-state index contributed by atoms with van der Waals surface area (Å²) >= 11 is 0. The van der Waals surface area contributed by atoms with Gasteiger partial charge in [-0.3, -0.25) is 0 Å². The normalized spacial score (nSPS) is 9.72. The van der Waals surface area contributed by atoms with Crippen molar-refractivity contribution in [3.63, 3.8) is 0 Å². The maximum absolute atomic E-state index is 10.8. The monoisotopic (exact) mass is 262 g/mol. The Bertz CT molecular complexity index is 235. The number of carboxylic acids is 1. The zero-order valence-electron chi connectivity index (χ0n) is 10.7. The number of aliphatic hydroxyl groups excluding tert-OH is 2. The summed E-state index contributed by atoms with van der Waals surface area (Å²) in [6.07, 6.45) is 5.82. The molecule has 0 unspecified atom stereocenters. The Morgan fingerprint density at radius 3 is 2.11 bits per heavy atom. The molecule has 18 heavy (non-hydrogen) atoms. The van der Waals surface area contributed by atoms with Crippen molar-refractivity contribution in [1.82, 2.24) is 0 Å².